The smallest absolute Gasteiger partial charge is 0.227 e. The number of aliphatic hydroxyl groups excluding tert-OH is 1. The van der Waals surface area contributed by atoms with Crippen LogP contribution >= 0.6 is 11.6 Å². The third-order valence-corrected chi connectivity index (χ3v) is 7.36. The number of hydrogen-bond acceptors (Lipinski definition) is 7. The minimum atomic E-state index is -0.440. The maximum atomic E-state index is 10.2. The average molecular weight is 499 g/mol. The van der Waals surface area contributed by atoms with Crippen molar-refractivity contribution in [2.45, 2.75) is 64.0 Å². The molecule has 1 saturated heterocycles. The molecule has 1 unspecified atom stereocenters. The highest BCUT2D eigenvalue weighted by molar-refractivity contribution is 6.32. The van der Waals surface area contributed by atoms with Crippen molar-refractivity contribution in [2.75, 3.05) is 38.2 Å². The SMILES string of the molecule is CCCOCC(O)CN1CCC(c2cc3nc(Nc4cnn(C5CC5)c4C)ncc3cc2Cl)CC1. The zero-order valence-electron chi connectivity index (χ0n) is 20.6. The van der Waals surface area contributed by atoms with Crippen molar-refractivity contribution in [1.82, 2.24) is 24.6 Å². The van der Waals surface area contributed by atoms with Crippen LogP contribution < -0.4 is 5.32 Å². The number of fused-ring (bicyclic) bond motifs is 1. The topological polar surface area (TPSA) is 88.3 Å². The van der Waals surface area contributed by atoms with Crippen LogP contribution in [0, 0.1) is 6.92 Å². The van der Waals surface area contributed by atoms with Gasteiger partial charge in [-0.3, -0.25) is 4.68 Å². The summed E-state index contributed by atoms with van der Waals surface area (Å²) in [6, 6.07) is 4.64. The highest BCUT2D eigenvalue weighted by Crippen LogP contribution is 2.37. The monoisotopic (exact) mass is 498 g/mol. The van der Waals surface area contributed by atoms with E-state index in [0.717, 1.165) is 65.2 Å². The summed E-state index contributed by atoms with van der Waals surface area (Å²) in [5.74, 6) is 0.945. The molecular formula is C26H35ClN6O2. The highest BCUT2D eigenvalue weighted by Gasteiger charge is 2.27. The van der Waals surface area contributed by atoms with Crippen molar-refractivity contribution >= 4 is 34.1 Å². The maximum Gasteiger partial charge on any atom is 0.227 e. The van der Waals surface area contributed by atoms with Gasteiger partial charge in [-0.2, -0.15) is 5.10 Å². The third-order valence-electron chi connectivity index (χ3n) is 7.04. The fourth-order valence-electron chi connectivity index (χ4n) is 4.94. The Hall–Kier alpha value is -2.26. The lowest BCUT2D eigenvalue weighted by atomic mass is 9.88. The van der Waals surface area contributed by atoms with Gasteiger partial charge < -0.3 is 20.1 Å². The summed E-state index contributed by atoms with van der Waals surface area (Å²) in [6.07, 6.45) is 8.62. The van der Waals surface area contributed by atoms with Gasteiger partial charge in [0.2, 0.25) is 5.95 Å². The fourth-order valence-corrected chi connectivity index (χ4v) is 5.26. The van der Waals surface area contributed by atoms with Crippen LogP contribution in [0.5, 0.6) is 0 Å². The molecule has 9 heteroatoms. The lowest BCUT2D eigenvalue weighted by Crippen LogP contribution is -2.39. The van der Waals surface area contributed by atoms with Crippen LogP contribution in [0.25, 0.3) is 10.9 Å². The first-order valence-electron chi connectivity index (χ1n) is 12.8. The largest absolute Gasteiger partial charge is 0.389 e. The van der Waals surface area contributed by atoms with Crippen molar-refractivity contribution < 1.29 is 9.84 Å². The molecule has 8 nitrogen and oxygen atoms in total. The standard InChI is InChI=1S/C26H35ClN6O2/c1-3-10-35-16-21(34)15-32-8-6-18(7-9-32)22-12-24-19(11-23(22)27)13-28-26(30-24)31-25-14-29-33(17(25)2)20-4-5-20/h11-14,18,20-21,34H,3-10,15-16H2,1-2H3,(H,28,30,31). The van der Waals surface area contributed by atoms with E-state index in [1.165, 1.54) is 12.8 Å². The van der Waals surface area contributed by atoms with Crippen molar-refractivity contribution in [3.63, 3.8) is 0 Å². The van der Waals surface area contributed by atoms with Crippen molar-refractivity contribution in [3.8, 4) is 0 Å². The molecule has 2 aromatic heterocycles. The van der Waals surface area contributed by atoms with Crippen LogP contribution in [-0.4, -0.2) is 68.7 Å². The predicted octanol–water partition coefficient (Wildman–Crippen LogP) is 4.83. The van der Waals surface area contributed by atoms with Crippen LogP contribution in [0.15, 0.2) is 24.5 Å². The van der Waals surface area contributed by atoms with Crippen LogP contribution in [0.1, 0.15) is 62.2 Å². The molecule has 3 aromatic rings. The second-order valence-electron chi connectivity index (χ2n) is 9.87. The van der Waals surface area contributed by atoms with E-state index in [-0.39, 0.29) is 0 Å². The molecule has 0 amide bonds. The molecule has 1 aliphatic carbocycles. The molecule has 1 saturated carbocycles. The molecule has 0 spiro atoms. The van der Waals surface area contributed by atoms with Crippen molar-refractivity contribution in [3.05, 3.63) is 40.8 Å². The van der Waals surface area contributed by atoms with E-state index in [2.05, 4.69) is 44.9 Å². The molecule has 35 heavy (non-hydrogen) atoms. The van der Waals surface area contributed by atoms with E-state index in [1.54, 1.807) is 0 Å². The van der Waals surface area contributed by atoms with Crippen LogP contribution in [0.2, 0.25) is 5.02 Å². The summed E-state index contributed by atoms with van der Waals surface area (Å²) >= 11 is 6.70. The molecule has 1 atom stereocenters. The van der Waals surface area contributed by atoms with Crippen molar-refractivity contribution in [1.29, 1.82) is 0 Å². The van der Waals surface area contributed by atoms with Gasteiger partial charge in [0.25, 0.3) is 0 Å². The number of halogens is 1. The van der Waals surface area contributed by atoms with Crippen LogP contribution in [0.4, 0.5) is 11.6 Å². The number of nitrogens with one attached hydrogen (secondary N) is 1. The number of nitrogens with zero attached hydrogens (tertiary/aromatic N) is 5. The number of hydrogen-bond donors (Lipinski definition) is 2. The molecule has 1 aliphatic heterocycles. The highest BCUT2D eigenvalue weighted by atomic mass is 35.5. The third kappa shape index (κ3) is 5.77. The number of likely N-dealkylation sites (tertiary alicyclic amines) is 1. The van der Waals surface area contributed by atoms with Gasteiger partial charge >= 0.3 is 0 Å². The van der Waals surface area contributed by atoms with E-state index in [0.29, 0.717) is 37.7 Å². The first-order valence-corrected chi connectivity index (χ1v) is 13.1. The van der Waals surface area contributed by atoms with E-state index in [9.17, 15) is 5.11 Å². The Balaban J connectivity index is 1.25. The summed E-state index contributed by atoms with van der Waals surface area (Å²) in [6.45, 7) is 7.78. The molecule has 2 aliphatic rings. The lowest BCUT2D eigenvalue weighted by Gasteiger charge is -2.33. The lowest BCUT2D eigenvalue weighted by molar-refractivity contribution is 0.0128. The quantitative estimate of drug-likeness (QED) is 0.387. The predicted molar refractivity (Wildman–Crippen MR) is 139 cm³/mol. The molecule has 1 aromatic carbocycles. The van der Waals surface area contributed by atoms with Gasteiger partial charge in [0, 0.05) is 29.8 Å². The van der Waals surface area contributed by atoms with Gasteiger partial charge in [0.1, 0.15) is 0 Å². The van der Waals surface area contributed by atoms with Gasteiger partial charge in [0.05, 0.1) is 41.8 Å². The van der Waals surface area contributed by atoms with Crippen LogP contribution in [-0.2, 0) is 4.74 Å². The first-order chi connectivity index (χ1) is 17.0. The summed E-state index contributed by atoms with van der Waals surface area (Å²) in [5.41, 5.74) is 4.09. The van der Waals surface area contributed by atoms with Gasteiger partial charge in [-0.05, 0) is 75.7 Å². The Morgan fingerprint density at radius 1 is 1.20 bits per heavy atom. The summed E-state index contributed by atoms with van der Waals surface area (Å²) in [4.78, 5) is 11.6. The molecule has 0 bridgehead atoms. The number of aliphatic hydroxyl groups is 1. The number of β-amino-alcohol motifs (C(OH)–C–C–N with tert-alkyl or cyclic N) is 1. The second-order valence-corrected chi connectivity index (χ2v) is 10.3. The van der Waals surface area contributed by atoms with Gasteiger partial charge in [0.15, 0.2) is 0 Å². The number of ether oxygens (including phenoxy) is 1. The van der Waals surface area contributed by atoms with Gasteiger partial charge in [-0.1, -0.05) is 18.5 Å². The van der Waals surface area contributed by atoms with E-state index in [4.69, 9.17) is 21.3 Å². The van der Waals surface area contributed by atoms with E-state index in [1.807, 2.05) is 18.5 Å². The minimum absolute atomic E-state index is 0.377. The zero-order valence-corrected chi connectivity index (χ0v) is 21.3. The summed E-state index contributed by atoms with van der Waals surface area (Å²) < 4.78 is 7.57. The van der Waals surface area contributed by atoms with Gasteiger partial charge in [-0.15, -0.1) is 0 Å². The summed E-state index contributed by atoms with van der Waals surface area (Å²) in [5, 5.41) is 19.8. The number of anilines is 2. The van der Waals surface area contributed by atoms with Gasteiger partial charge in [-0.25, -0.2) is 9.97 Å². The Morgan fingerprint density at radius 2 is 2.00 bits per heavy atom. The Kier molecular flexibility index (Phi) is 7.53. The molecule has 2 fully saturated rings. The van der Waals surface area contributed by atoms with E-state index < -0.39 is 6.10 Å². The zero-order chi connectivity index (χ0) is 24.4. The second kappa shape index (κ2) is 10.8. The molecule has 2 N–H and O–H groups in total. The molecule has 188 valence electrons. The summed E-state index contributed by atoms with van der Waals surface area (Å²) in [7, 11) is 0. The Morgan fingerprint density at radius 3 is 2.74 bits per heavy atom. The fraction of sp³-hybridized carbons (Fsp3) is 0.577. The normalized spacial score (nSPS) is 18.3. The molecular weight excluding hydrogens is 464 g/mol. The first kappa shape index (κ1) is 24.4. The number of aromatic nitrogens is 4. The molecule has 0 radical (unpaired) electrons. The number of piperidine rings is 1. The number of benzene rings is 1. The Labute approximate surface area is 211 Å². The van der Waals surface area contributed by atoms with Crippen LogP contribution in [0.3, 0.4) is 0 Å². The minimum Gasteiger partial charge on any atom is -0.389 e. The number of rotatable bonds is 10. The Bertz CT molecular complexity index is 1160. The average Bonchev–Trinajstić information content (AvgIpc) is 3.63. The maximum absolute atomic E-state index is 10.2. The molecule has 5 rings (SSSR count). The van der Waals surface area contributed by atoms with E-state index >= 15 is 0 Å². The van der Waals surface area contributed by atoms with Crippen molar-refractivity contribution in [2.24, 2.45) is 0 Å². The molecule has 3 heterocycles.